The Morgan fingerprint density at radius 2 is 2.11 bits per heavy atom. The summed E-state index contributed by atoms with van der Waals surface area (Å²) in [5, 5.41) is 9.31. The first-order valence-corrected chi connectivity index (χ1v) is 6.66. The lowest BCUT2D eigenvalue weighted by Gasteiger charge is -2.08. The highest BCUT2D eigenvalue weighted by Crippen LogP contribution is 2.19. The highest BCUT2D eigenvalue weighted by Gasteiger charge is 2.02. The molecule has 0 aliphatic rings. The first-order valence-electron chi connectivity index (χ1n) is 5.54. The van der Waals surface area contributed by atoms with Crippen LogP contribution in [0.2, 0.25) is 0 Å². The number of nitrogens with zero attached hydrogens (tertiary/aromatic N) is 2. The Labute approximate surface area is 118 Å². The van der Waals surface area contributed by atoms with Crippen LogP contribution < -0.4 is 4.74 Å². The van der Waals surface area contributed by atoms with Gasteiger partial charge in [0.2, 0.25) is 0 Å². The fourth-order valence-electron chi connectivity index (χ4n) is 1.57. The molecule has 0 radical (unpaired) electrons. The van der Waals surface area contributed by atoms with Crippen LogP contribution in [0, 0.1) is 17.1 Å². The van der Waals surface area contributed by atoms with E-state index in [1.807, 2.05) is 6.07 Å². The second-order valence-electron chi connectivity index (χ2n) is 3.88. The summed E-state index contributed by atoms with van der Waals surface area (Å²) in [7, 11) is 0. The summed E-state index contributed by atoms with van der Waals surface area (Å²) in [5.74, 6) is 0.129. The molecule has 0 aliphatic heterocycles. The zero-order valence-corrected chi connectivity index (χ0v) is 11.5. The summed E-state index contributed by atoms with van der Waals surface area (Å²) < 4.78 is 18.8. The maximum Gasteiger partial charge on any atom is 0.140 e. The third-order valence-electron chi connectivity index (χ3n) is 2.43. The van der Waals surface area contributed by atoms with Crippen LogP contribution in [0.4, 0.5) is 4.39 Å². The monoisotopic (exact) mass is 320 g/mol. The van der Waals surface area contributed by atoms with Crippen LogP contribution in [0.25, 0.3) is 0 Å². The maximum absolute atomic E-state index is 13.3. The van der Waals surface area contributed by atoms with Crippen LogP contribution in [-0.4, -0.2) is 4.98 Å². The highest BCUT2D eigenvalue weighted by molar-refractivity contribution is 9.08. The molecule has 0 amide bonds. The van der Waals surface area contributed by atoms with Gasteiger partial charge in [0.25, 0.3) is 0 Å². The molecule has 0 N–H and O–H groups in total. The molecule has 0 saturated carbocycles. The largest absolute Gasteiger partial charge is 0.489 e. The number of ether oxygens (including phenoxy) is 1. The van der Waals surface area contributed by atoms with Crippen LogP contribution in [0.3, 0.4) is 0 Å². The van der Waals surface area contributed by atoms with Crippen LogP contribution in [0.5, 0.6) is 5.75 Å². The number of alkyl halides is 1. The molecule has 1 heterocycles. The normalized spacial score (nSPS) is 9.95. The van der Waals surface area contributed by atoms with E-state index < -0.39 is 0 Å². The molecule has 2 rings (SSSR count). The Morgan fingerprint density at radius 1 is 1.26 bits per heavy atom. The molecular weight excluding hydrogens is 311 g/mol. The standard InChI is InChI=1S/C14H10BrFN2O/c15-7-11-3-12(16)6-14(5-11)19-9-10-1-2-18-13(4-10)8-17/h1-6H,7,9H2. The Balaban J connectivity index is 2.10. The van der Waals surface area contributed by atoms with E-state index in [0.717, 1.165) is 11.1 Å². The average molecular weight is 321 g/mol. The number of hydrogen-bond acceptors (Lipinski definition) is 3. The number of halogens is 2. The molecule has 2 aromatic rings. The lowest BCUT2D eigenvalue weighted by atomic mass is 10.2. The van der Waals surface area contributed by atoms with E-state index in [-0.39, 0.29) is 12.4 Å². The third-order valence-corrected chi connectivity index (χ3v) is 3.08. The van der Waals surface area contributed by atoms with Crippen molar-refractivity contribution in [3.63, 3.8) is 0 Å². The molecule has 1 aromatic heterocycles. The minimum absolute atomic E-state index is 0.266. The zero-order valence-electron chi connectivity index (χ0n) is 9.94. The van der Waals surface area contributed by atoms with Gasteiger partial charge < -0.3 is 4.74 Å². The fraction of sp³-hybridized carbons (Fsp3) is 0.143. The molecule has 0 fully saturated rings. The SMILES string of the molecule is N#Cc1cc(COc2cc(F)cc(CBr)c2)ccn1. The average Bonchev–Trinajstić information content (AvgIpc) is 2.44. The van der Waals surface area contributed by atoms with Gasteiger partial charge in [-0.2, -0.15) is 5.26 Å². The molecule has 19 heavy (non-hydrogen) atoms. The molecule has 0 aliphatic carbocycles. The van der Waals surface area contributed by atoms with Crippen LogP contribution in [0.1, 0.15) is 16.8 Å². The van der Waals surface area contributed by atoms with Crippen LogP contribution >= 0.6 is 15.9 Å². The summed E-state index contributed by atoms with van der Waals surface area (Å²) in [6.07, 6.45) is 1.55. The lowest BCUT2D eigenvalue weighted by molar-refractivity contribution is 0.304. The number of benzene rings is 1. The number of pyridine rings is 1. The van der Waals surface area contributed by atoms with Gasteiger partial charge in [-0.3, -0.25) is 0 Å². The number of nitriles is 1. The van der Waals surface area contributed by atoms with Gasteiger partial charge in [-0.25, -0.2) is 9.37 Å². The molecule has 0 atom stereocenters. The van der Waals surface area contributed by atoms with Crippen molar-refractivity contribution < 1.29 is 9.13 Å². The predicted octanol–water partition coefficient (Wildman–Crippen LogP) is 3.57. The predicted molar refractivity (Wildman–Crippen MR) is 72.3 cm³/mol. The Kier molecular flexibility index (Phi) is 4.48. The quantitative estimate of drug-likeness (QED) is 0.809. The zero-order chi connectivity index (χ0) is 13.7. The van der Waals surface area contributed by atoms with Crippen molar-refractivity contribution in [1.29, 1.82) is 5.26 Å². The van der Waals surface area contributed by atoms with Crippen molar-refractivity contribution in [2.24, 2.45) is 0 Å². The van der Waals surface area contributed by atoms with Crippen molar-refractivity contribution in [2.75, 3.05) is 0 Å². The van der Waals surface area contributed by atoms with Crippen molar-refractivity contribution >= 4 is 15.9 Å². The van der Waals surface area contributed by atoms with E-state index >= 15 is 0 Å². The molecule has 5 heteroatoms. The number of rotatable bonds is 4. The summed E-state index contributed by atoms with van der Waals surface area (Å²) in [6.45, 7) is 0.266. The maximum atomic E-state index is 13.3. The second-order valence-corrected chi connectivity index (χ2v) is 4.44. The molecular formula is C14H10BrFN2O. The molecule has 3 nitrogen and oxygen atoms in total. The molecule has 1 aromatic carbocycles. The topological polar surface area (TPSA) is 45.9 Å². The Morgan fingerprint density at radius 3 is 2.84 bits per heavy atom. The van der Waals surface area contributed by atoms with Gasteiger partial charge in [-0.15, -0.1) is 0 Å². The van der Waals surface area contributed by atoms with Crippen molar-refractivity contribution in [3.05, 3.63) is 59.2 Å². The number of hydrogen-bond donors (Lipinski definition) is 0. The lowest BCUT2D eigenvalue weighted by Crippen LogP contribution is -1.98. The van der Waals surface area contributed by atoms with Crippen LogP contribution in [0.15, 0.2) is 36.5 Å². The number of aromatic nitrogens is 1. The van der Waals surface area contributed by atoms with E-state index in [9.17, 15) is 4.39 Å². The molecule has 0 bridgehead atoms. The van der Waals surface area contributed by atoms with Gasteiger partial charge >= 0.3 is 0 Å². The summed E-state index contributed by atoms with van der Waals surface area (Å²) >= 11 is 3.27. The van der Waals surface area contributed by atoms with Gasteiger partial charge in [0.05, 0.1) is 0 Å². The minimum atomic E-state index is -0.334. The van der Waals surface area contributed by atoms with E-state index in [0.29, 0.717) is 16.8 Å². The van der Waals surface area contributed by atoms with E-state index in [1.165, 1.54) is 12.1 Å². The smallest absolute Gasteiger partial charge is 0.140 e. The first-order chi connectivity index (χ1) is 9.21. The van der Waals surface area contributed by atoms with Crippen LogP contribution in [-0.2, 0) is 11.9 Å². The van der Waals surface area contributed by atoms with Gasteiger partial charge in [-0.05, 0) is 35.4 Å². The highest BCUT2D eigenvalue weighted by atomic mass is 79.9. The third kappa shape index (κ3) is 3.76. The van der Waals surface area contributed by atoms with E-state index in [2.05, 4.69) is 20.9 Å². The molecule has 0 saturated heterocycles. The molecule has 96 valence electrons. The molecule has 0 spiro atoms. The first kappa shape index (κ1) is 13.5. The fourth-order valence-corrected chi connectivity index (χ4v) is 1.90. The van der Waals surface area contributed by atoms with E-state index in [4.69, 9.17) is 10.00 Å². The Hall–Kier alpha value is -1.93. The van der Waals surface area contributed by atoms with Gasteiger partial charge in [-0.1, -0.05) is 15.9 Å². The van der Waals surface area contributed by atoms with E-state index in [1.54, 1.807) is 24.4 Å². The summed E-state index contributed by atoms with van der Waals surface area (Å²) in [4.78, 5) is 3.87. The van der Waals surface area contributed by atoms with Gasteiger partial charge in [0.1, 0.15) is 29.9 Å². The second kappa shape index (κ2) is 6.30. The summed E-state index contributed by atoms with van der Waals surface area (Å²) in [5.41, 5.74) is 1.96. The minimum Gasteiger partial charge on any atom is -0.489 e. The Bertz CT molecular complexity index is 625. The molecule has 0 unspecified atom stereocenters. The van der Waals surface area contributed by atoms with Gasteiger partial charge in [0, 0.05) is 17.6 Å². The van der Waals surface area contributed by atoms with Gasteiger partial charge in [0.15, 0.2) is 0 Å². The van der Waals surface area contributed by atoms with Crippen molar-refractivity contribution in [1.82, 2.24) is 4.98 Å². The summed E-state index contributed by atoms with van der Waals surface area (Å²) in [6, 6.07) is 9.91. The van der Waals surface area contributed by atoms with Crippen molar-refractivity contribution in [3.8, 4) is 11.8 Å². The van der Waals surface area contributed by atoms with Crippen molar-refractivity contribution in [2.45, 2.75) is 11.9 Å².